The van der Waals surface area contributed by atoms with Gasteiger partial charge in [0, 0.05) is 18.1 Å². The Bertz CT molecular complexity index is 1100. The minimum Gasteiger partial charge on any atom is -0.294 e. The van der Waals surface area contributed by atoms with Crippen molar-refractivity contribution in [2.75, 3.05) is 5.01 Å². The molecule has 28 heavy (non-hydrogen) atoms. The number of benzene rings is 2. The van der Waals surface area contributed by atoms with Gasteiger partial charge in [0.25, 0.3) is 0 Å². The highest BCUT2D eigenvalue weighted by Crippen LogP contribution is 2.41. The van der Waals surface area contributed by atoms with Gasteiger partial charge in [-0.05, 0) is 25.6 Å². The number of carbonyl (C=O) groups is 2. The smallest absolute Gasteiger partial charge is 0.243 e. The van der Waals surface area contributed by atoms with Gasteiger partial charge in [-0.2, -0.15) is 4.68 Å². The third kappa shape index (κ3) is 3.03. The van der Waals surface area contributed by atoms with Crippen LogP contribution in [-0.2, 0) is 9.59 Å². The first kappa shape index (κ1) is 18.2. The Labute approximate surface area is 166 Å². The lowest BCUT2D eigenvalue weighted by Gasteiger charge is -2.32. The first-order chi connectivity index (χ1) is 13.5. The van der Waals surface area contributed by atoms with E-state index in [2.05, 4.69) is 10.2 Å². The third-order valence-corrected chi connectivity index (χ3v) is 5.53. The van der Waals surface area contributed by atoms with Crippen LogP contribution in [0.15, 0.2) is 64.7 Å². The molecule has 0 saturated heterocycles. The first-order valence-electron chi connectivity index (χ1n) is 8.79. The van der Waals surface area contributed by atoms with Crippen LogP contribution >= 0.6 is 11.8 Å². The molecule has 1 aliphatic rings. The number of allylic oxidation sites excluding steroid dienone is 1. The summed E-state index contributed by atoms with van der Waals surface area (Å²) >= 11 is 1.23. The highest BCUT2D eigenvalue weighted by atomic mass is 32.2. The zero-order valence-corrected chi connectivity index (χ0v) is 16.5. The van der Waals surface area contributed by atoms with Crippen LogP contribution in [0.4, 0.5) is 0 Å². The van der Waals surface area contributed by atoms with E-state index >= 15 is 0 Å². The normalized spacial score (nSPS) is 13.5. The molecule has 0 atom stereocenters. The third-order valence-electron chi connectivity index (χ3n) is 4.41. The van der Waals surface area contributed by atoms with Crippen LogP contribution in [0.2, 0.25) is 0 Å². The highest BCUT2D eigenvalue weighted by molar-refractivity contribution is 8.04. The lowest BCUT2D eigenvalue weighted by Crippen LogP contribution is -2.41. The van der Waals surface area contributed by atoms with Gasteiger partial charge in [0.05, 0.1) is 10.6 Å². The number of hydrogen-bond acceptors (Lipinski definition) is 5. The van der Waals surface area contributed by atoms with Gasteiger partial charge in [0.1, 0.15) is 0 Å². The van der Waals surface area contributed by atoms with Gasteiger partial charge in [-0.15, -0.1) is 10.2 Å². The molecule has 4 rings (SSSR count). The maximum Gasteiger partial charge on any atom is 0.243 e. The van der Waals surface area contributed by atoms with E-state index in [1.54, 1.807) is 4.68 Å². The summed E-state index contributed by atoms with van der Waals surface area (Å²) in [6.45, 7) is 4.98. The predicted molar refractivity (Wildman–Crippen MR) is 109 cm³/mol. The van der Waals surface area contributed by atoms with Gasteiger partial charge >= 0.3 is 0 Å². The van der Waals surface area contributed by atoms with Gasteiger partial charge in [0.2, 0.25) is 11.1 Å². The summed E-state index contributed by atoms with van der Waals surface area (Å²) in [5.41, 5.74) is 3.30. The standard InChI is InChI=1S/C21H18N4O2S/c1-13-9-11-17(12-10-13)20-22-23-21-25(20)24(15(3)27)18(19(28-21)14(2)26)16-7-5-4-6-8-16/h4-12H,1-3H3. The molecule has 0 unspecified atom stereocenters. The fraction of sp³-hybridized carbons (Fsp3) is 0.143. The molecule has 0 spiro atoms. The Hall–Kier alpha value is -3.19. The summed E-state index contributed by atoms with van der Waals surface area (Å²) in [5.74, 6) is 0.197. The number of carbonyl (C=O) groups excluding carboxylic acids is 2. The van der Waals surface area contributed by atoms with Crippen molar-refractivity contribution in [1.82, 2.24) is 14.9 Å². The van der Waals surface area contributed by atoms with E-state index in [1.807, 2.05) is 61.5 Å². The number of nitrogens with zero attached hydrogens (tertiary/aromatic N) is 4. The maximum absolute atomic E-state index is 12.7. The molecular weight excluding hydrogens is 372 g/mol. The topological polar surface area (TPSA) is 68.1 Å². The van der Waals surface area contributed by atoms with E-state index < -0.39 is 0 Å². The summed E-state index contributed by atoms with van der Waals surface area (Å²) in [6.07, 6.45) is 0. The molecule has 140 valence electrons. The quantitative estimate of drug-likeness (QED) is 0.680. The second kappa shape index (κ2) is 7.09. The maximum atomic E-state index is 12.7. The number of thioether (sulfide) groups is 1. The molecule has 7 heteroatoms. The van der Waals surface area contributed by atoms with Crippen LogP contribution in [0, 0.1) is 6.92 Å². The Morgan fingerprint density at radius 1 is 0.893 bits per heavy atom. The van der Waals surface area contributed by atoms with Gasteiger partial charge in [-0.1, -0.05) is 60.2 Å². The molecule has 0 bridgehead atoms. The van der Waals surface area contributed by atoms with Crippen molar-refractivity contribution >= 4 is 29.1 Å². The number of rotatable bonds is 3. The van der Waals surface area contributed by atoms with Crippen molar-refractivity contribution in [2.45, 2.75) is 25.9 Å². The molecule has 0 aliphatic carbocycles. The van der Waals surface area contributed by atoms with Crippen LogP contribution < -0.4 is 5.01 Å². The molecule has 1 amide bonds. The molecule has 1 aliphatic heterocycles. The molecular formula is C21H18N4O2S. The average molecular weight is 390 g/mol. The molecule has 3 aromatic rings. The van der Waals surface area contributed by atoms with E-state index in [0.717, 1.165) is 16.7 Å². The Balaban J connectivity index is 1.96. The van der Waals surface area contributed by atoms with Crippen LogP contribution in [0.3, 0.4) is 0 Å². The van der Waals surface area contributed by atoms with Crippen LogP contribution in [0.1, 0.15) is 25.0 Å². The number of aromatic nitrogens is 3. The summed E-state index contributed by atoms with van der Waals surface area (Å²) in [5, 5.41) is 10.5. The van der Waals surface area contributed by atoms with Crippen molar-refractivity contribution in [2.24, 2.45) is 0 Å². The zero-order valence-electron chi connectivity index (χ0n) is 15.7. The Kier molecular flexibility index (Phi) is 4.60. The van der Waals surface area contributed by atoms with Crippen molar-refractivity contribution in [3.63, 3.8) is 0 Å². The molecule has 0 saturated carbocycles. The van der Waals surface area contributed by atoms with Gasteiger partial charge < -0.3 is 0 Å². The molecule has 0 N–H and O–H groups in total. The number of amides is 1. The summed E-state index contributed by atoms with van der Waals surface area (Å²) < 4.78 is 1.69. The predicted octanol–water partition coefficient (Wildman–Crippen LogP) is 3.80. The van der Waals surface area contributed by atoms with Crippen molar-refractivity contribution < 1.29 is 9.59 Å². The first-order valence-corrected chi connectivity index (χ1v) is 9.61. The molecule has 2 heterocycles. The number of Topliss-reactive ketones (excluding diaryl/α,β-unsaturated/α-hetero) is 1. The molecule has 0 fully saturated rings. The Morgan fingerprint density at radius 2 is 1.57 bits per heavy atom. The fourth-order valence-electron chi connectivity index (χ4n) is 3.11. The monoisotopic (exact) mass is 390 g/mol. The lowest BCUT2D eigenvalue weighted by molar-refractivity contribution is -0.117. The zero-order chi connectivity index (χ0) is 19.8. The van der Waals surface area contributed by atoms with Gasteiger partial charge in [-0.3, -0.25) is 9.59 Å². The fourth-order valence-corrected chi connectivity index (χ4v) is 4.08. The molecule has 0 radical (unpaired) electrons. The SMILES string of the molecule is CC(=O)C1=C(c2ccccc2)N(C(C)=O)n2c(nnc2-c2ccc(C)cc2)S1. The summed E-state index contributed by atoms with van der Waals surface area (Å²) in [4.78, 5) is 25.6. The number of aryl methyl sites for hydroxylation is 1. The second-order valence-electron chi connectivity index (χ2n) is 6.52. The largest absolute Gasteiger partial charge is 0.294 e. The Morgan fingerprint density at radius 3 is 2.18 bits per heavy atom. The number of hydrogen-bond donors (Lipinski definition) is 0. The highest BCUT2D eigenvalue weighted by Gasteiger charge is 2.35. The average Bonchev–Trinajstić information content (AvgIpc) is 3.11. The lowest BCUT2D eigenvalue weighted by atomic mass is 10.1. The summed E-state index contributed by atoms with van der Waals surface area (Å²) in [7, 11) is 0. The molecule has 6 nitrogen and oxygen atoms in total. The van der Waals surface area contributed by atoms with Gasteiger partial charge in [-0.25, -0.2) is 5.01 Å². The van der Waals surface area contributed by atoms with E-state index in [1.165, 1.54) is 30.6 Å². The molecule has 1 aromatic heterocycles. The van der Waals surface area contributed by atoms with Gasteiger partial charge in [0.15, 0.2) is 11.6 Å². The van der Waals surface area contributed by atoms with E-state index in [0.29, 0.717) is 21.6 Å². The minimum atomic E-state index is -0.229. The minimum absolute atomic E-state index is 0.124. The van der Waals surface area contributed by atoms with Crippen molar-refractivity contribution in [3.8, 4) is 11.4 Å². The van der Waals surface area contributed by atoms with E-state index in [9.17, 15) is 9.59 Å². The number of fused-ring (bicyclic) bond motifs is 1. The second-order valence-corrected chi connectivity index (χ2v) is 7.49. The number of ketones is 1. The van der Waals surface area contributed by atoms with Crippen molar-refractivity contribution in [3.05, 3.63) is 70.6 Å². The van der Waals surface area contributed by atoms with Crippen LogP contribution in [0.5, 0.6) is 0 Å². The molecule has 2 aromatic carbocycles. The van der Waals surface area contributed by atoms with E-state index in [4.69, 9.17) is 0 Å². The van der Waals surface area contributed by atoms with Crippen LogP contribution in [0.25, 0.3) is 17.1 Å². The summed E-state index contributed by atoms with van der Waals surface area (Å²) in [6, 6.07) is 17.3. The van der Waals surface area contributed by atoms with Crippen molar-refractivity contribution in [1.29, 1.82) is 0 Å². The van der Waals surface area contributed by atoms with Crippen LogP contribution in [-0.4, -0.2) is 26.6 Å². The van der Waals surface area contributed by atoms with E-state index in [-0.39, 0.29) is 11.7 Å².